The van der Waals surface area contributed by atoms with Gasteiger partial charge in [0.1, 0.15) is 24.4 Å². The van der Waals surface area contributed by atoms with Crippen molar-refractivity contribution in [2.24, 2.45) is 5.16 Å². The Morgan fingerprint density at radius 2 is 1.96 bits per heavy atom. The van der Waals surface area contributed by atoms with E-state index in [1.165, 1.54) is 14.2 Å². The number of para-hydroxylation sites is 1. The summed E-state index contributed by atoms with van der Waals surface area (Å²) < 4.78 is 17.5. The van der Waals surface area contributed by atoms with Crippen LogP contribution in [0, 0.1) is 0 Å². The van der Waals surface area contributed by atoms with Gasteiger partial charge in [0.25, 0.3) is 5.91 Å². The Balaban J connectivity index is 1.81. The first-order valence-electron chi connectivity index (χ1n) is 9.20. The highest BCUT2D eigenvalue weighted by Crippen LogP contribution is 2.29. The minimum Gasteiger partial charge on any atom is -0.465 e. The summed E-state index contributed by atoms with van der Waals surface area (Å²) in [6, 6.07) is 14.5. The number of hydrogen-bond acceptors (Lipinski definition) is 6. The number of nitrogens with zero attached hydrogens (tertiary/aromatic N) is 1. The first-order valence-corrected chi connectivity index (χ1v) is 9.20. The van der Waals surface area contributed by atoms with Crippen LogP contribution in [0.15, 0.2) is 53.7 Å². The van der Waals surface area contributed by atoms with Crippen molar-refractivity contribution >= 4 is 11.6 Å². The molecule has 1 unspecified atom stereocenters. The van der Waals surface area contributed by atoms with Crippen molar-refractivity contribution in [2.45, 2.75) is 25.6 Å². The van der Waals surface area contributed by atoms with Crippen LogP contribution in [0.4, 0.5) is 0 Å². The molecule has 148 valence electrons. The van der Waals surface area contributed by atoms with Crippen LogP contribution < -0.4 is 14.8 Å². The standard InChI is InChI=1S/C21H24N2O5/c1-22-21(24)20(23-25-2)17-10-3-4-11-18(17)27-15-8-7-9-16(14-15)28-19-12-5-6-13-26-19/h3-4,7-11,14,19H,5-6,12-13H2,1-2H3,(H,22,24)/b23-20-. The zero-order chi connectivity index (χ0) is 19.8. The highest BCUT2D eigenvalue weighted by Gasteiger charge is 2.19. The fourth-order valence-corrected chi connectivity index (χ4v) is 2.87. The zero-order valence-corrected chi connectivity index (χ0v) is 16.0. The zero-order valence-electron chi connectivity index (χ0n) is 16.0. The number of rotatable bonds is 7. The molecule has 7 heteroatoms. The molecule has 1 fully saturated rings. The summed E-state index contributed by atoms with van der Waals surface area (Å²) in [5.41, 5.74) is 0.647. The van der Waals surface area contributed by atoms with E-state index < -0.39 is 0 Å². The highest BCUT2D eigenvalue weighted by atomic mass is 16.7. The molecule has 1 amide bonds. The lowest BCUT2D eigenvalue weighted by atomic mass is 10.1. The fraction of sp³-hybridized carbons (Fsp3) is 0.333. The van der Waals surface area contributed by atoms with Crippen molar-refractivity contribution in [3.8, 4) is 17.2 Å². The number of likely N-dealkylation sites (N-methyl/N-ethyl adjacent to an activating group) is 1. The summed E-state index contributed by atoms with van der Waals surface area (Å²) >= 11 is 0. The van der Waals surface area contributed by atoms with Crippen LogP contribution in [-0.4, -0.2) is 38.7 Å². The monoisotopic (exact) mass is 384 g/mol. The average molecular weight is 384 g/mol. The maximum atomic E-state index is 12.2. The van der Waals surface area contributed by atoms with E-state index in [2.05, 4.69) is 10.5 Å². The van der Waals surface area contributed by atoms with Gasteiger partial charge in [-0.25, -0.2) is 0 Å². The number of benzene rings is 2. The van der Waals surface area contributed by atoms with Crippen molar-refractivity contribution < 1.29 is 23.8 Å². The molecule has 1 heterocycles. The average Bonchev–Trinajstić information content (AvgIpc) is 2.73. The number of amides is 1. The lowest BCUT2D eigenvalue weighted by Crippen LogP contribution is -2.28. The Kier molecular flexibility index (Phi) is 6.86. The van der Waals surface area contributed by atoms with Gasteiger partial charge in [-0.3, -0.25) is 4.79 Å². The first-order chi connectivity index (χ1) is 13.7. The van der Waals surface area contributed by atoms with E-state index >= 15 is 0 Å². The van der Waals surface area contributed by atoms with E-state index in [1.54, 1.807) is 24.3 Å². The van der Waals surface area contributed by atoms with Gasteiger partial charge in [0.05, 0.1) is 12.2 Å². The predicted octanol–water partition coefficient (Wildman–Crippen LogP) is 3.48. The Hall–Kier alpha value is -3.06. The van der Waals surface area contributed by atoms with Crippen molar-refractivity contribution in [3.05, 3.63) is 54.1 Å². The first kappa shape index (κ1) is 19.7. The molecule has 3 rings (SSSR count). The number of oxime groups is 1. The van der Waals surface area contributed by atoms with Gasteiger partial charge in [0, 0.05) is 19.5 Å². The van der Waals surface area contributed by atoms with E-state index in [4.69, 9.17) is 19.0 Å². The third kappa shape index (κ3) is 5.01. The highest BCUT2D eigenvalue weighted by molar-refractivity contribution is 6.45. The lowest BCUT2D eigenvalue weighted by Gasteiger charge is -2.23. The minimum absolute atomic E-state index is 0.128. The molecule has 7 nitrogen and oxygen atoms in total. The quantitative estimate of drug-likeness (QED) is 0.584. The molecule has 1 N–H and O–H groups in total. The SMILES string of the molecule is CNC(=O)/C(=N\OC)c1ccccc1Oc1cccc(OC2CCCCO2)c1. The number of nitrogens with one attached hydrogen (secondary N) is 1. The predicted molar refractivity (Wildman–Crippen MR) is 105 cm³/mol. The van der Waals surface area contributed by atoms with Crippen LogP contribution in [0.25, 0.3) is 0 Å². The van der Waals surface area contributed by atoms with E-state index in [0.29, 0.717) is 22.8 Å². The van der Waals surface area contributed by atoms with Crippen LogP contribution in [-0.2, 0) is 14.4 Å². The lowest BCUT2D eigenvalue weighted by molar-refractivity contribution is -0.114. The topological polar surface area (TPSA) is 78.4 Å². The molecule has 1 aliphatic rings. The molecule has 0 aliphatic carbocycles. The van der Waals surface area contributed by atoms with E-state index in [0.717, 1.165) is 25.9 Å². The van der Waals surface area contributed by atoms with E-state index in [9.17, 15) is 4.79 Å². The summed E-state index contributed by atoms with van der Waals surface area (Å²) in [4.78, 5) is 17.0. The molecule has 1 aliphatic heterocycles. The molecule has 0 aromatic heterocycles. The Labute approximate surface area is 164 Å². The third-order valence-corrected chi connectivity index (χ3v) is 4.21. The van der Waals surface area contributed by atoms with E-state index in [-0.39, 0.29) is 17.9 Å². The summed E-state index contributed by atoms with van der Waals surface area (Å²) in [5.74, 6) is 1.35. The van der Waals surface area contributed by atoms with Gasteiger partial charge in [0.2, 0.25) is 0 Å². The van der Waals surface area contributed by atoms with Crippen molar-refractivity contribution in [1.29, 1.82) is 0 Å². The molecule has 28 heavy (non-hydrogen) atoms. The van der Waals surface area contributed by atoms with Gasteiger partial charge < -0.3 is 24.4 Å². The van der Waals surface area contributed by atoms with Gasteiger partial charge in [-0.2, -0.15) is 0 Å². The molecule has 2 aromatic carbocycles. The number of carbonyl (C=O) groups excluding carboxylic acids is 1. The van der Waals surface area contributed by atoms with Crippen LogP contribution in [0.1, 0.15) is 24.8 Å². The largest absolute Gasteiger partial charge is 0.465 e. The molecule has 0 spiro atoms. The second kappa shape index (κ2) is 9.75. The summed E-state index contributed by atoms with van der Waals surface area (Å²) in [7, 11) is 2.92. The molecule has 0 bridgehead atoms. The number of carbonyl (C=O) groups is 1. The molecule has 0 saturated carbocycles. The van der Waals surface area contributed by atoms with Gasteiger partial charge in [0.15, 0.2) is 12.0 Å². The smallest absolute Gasteiger partial charge is 0.273 e. The van der Waals surface area contributed by atoms with Crippen molar-refractivity contribution in [1.82, 2.24) is 5.32 Å². The molecule has 0 radical (unpaired) electrons. The minimum atomic E-state index is -0.371. The summed E-state index contributed by atoms with van der Waals surface area (Å²) in [6.07, 6.45) is 2.80. The molecule has 2 aromatic rings. The Morgan fingerprint density at radius 1 is 1.14 bits per heavy atom. The fourth-order valence-electron chi connectivity index (χ4n) is 2.87. The third-order valence-electron chi connectivity index (χ3n) is 4.21. The number of ether oxygens (including phenoxy) is 3. The van der Waals surface area contributed by atoms with Gasteiger partial charge in [-0.1, -0.05) is 23.4 Å². The summed E-state index contributed by atoms with van der Waals surface area (Å²) in [6.45, 7) is 0.718. The molecule has 1 atom stereocenters. The second-order valence-electron chi connectivity index (χ2n) is 6.19. The Bertz CT molecular complexity index is 831. The van der Waals surface area contributed by atoms with Crippen LogP contribution in [0.3, 0.4) is 0 Å². The second-order valence-corrected chi connectivity index (χ2v) is 6.19. The van der Waals surface area contributed by atoms with Crippen LogP contribution in [0.5, 0.6) is 17.2 Å². The molecular weight excluding hydrogens is 360 g/mol. The van der Waals surface area contributed by atoms with Crippen LogP contribution >= 0.6 is 0 Å². The molecular formula is C21H24N2O5. The van der Waals surface area contributed by atoms with Gasteiger partial charge >= 0.3 is 0 Å². The Morgan fingerprint density at radius 3 is 2.71 bits per heavy atom. The van der Waals surface area contributed by atoms with Crippen LogP contribution in [0.2, 0.25) is 0 Å². The van der Waals surface area contributed by atoms with Crippen molar-refractivity contribution in [3.63, 3.8) is 0 Å². The van der Waals surface area contributed by atoms with E-state index in [1.807, 2.05) is 24.3 Å². The summed E-state index contributed by atoms with van der Waals surface area (Å²) in [5, 5.41) is 6.40. The van der Waals surface area contributed by atoms with Gasteiger partial charge in [-0.15, -0.1) is 0 Å². The normalized spacial score (nSPS) is 16.9. The number of hydrogen-bond donors (Lipinski definition) is 1. The molecule has 1 saturated heterocycles. The van der Waals surface area contributed by atoms with Gasteiger partial charge in [-0.05, 0) is 37.1 Å². The maximum Gasteiger partial charge on any atom is 0.273 e. The maximum absolute atomic E-state index is 12.2. The van der Waals surface area contributed by atoms with Crippen molar-refractivity contribution in [2.75, 3.05) is 20.8 Å².